The maximum absolute atomic E-state index is 13.6. The molecule has 1 heterocycles. The van der Waals surface area contributed by atoms with Crippen LogP contribution in [0.15, 0.2) is 60.7 Å². The highest BCUT2D eigenvalue weighted by molar-refractivity contribution is 7.15. The van der Waals surface area contributed by atoms with Gasteiger partial charge in [0.05, 0.1) is 28.8 Å². The number of thiazole rings is 1. The van der Waals surface area contributed by atoms with Crippen molar-refractivity contribution in [3.63, 3.8) is 0 Å². The van der Waals surface area contributed by atoms with Crippen molar-refractivity contribution in [2.75, 3.05) is 13.7 Å². The van der Waals surface area contributed by atoms with Crippen molar-refractivity contribution in [1.82, 2.24) is 4.98 Å². The molecule has 6 nitrogen and oxygen atoms in total. The molecule has 0 unspecified atom stereocenters. The predicted octanol–water partition coefficient (Wildman–Crippen LogP) is 7.87. The van der Waals surface area contributed by atoms with E-state index in [1.165, 1.54) is 19.2 Å². The van der Waals surface area contributed by atoms with Crippen LogP contribution in [-0.2, 0) is 23.8 Å². The summed E-state index contributed by atoms with van der Waals surface area (Å²) >= 11 is 0.902. The minimum Gasteiger partial charge on any atom is -0.497 e. The Morgan fingerprint density at radius 3 is 2.00 bits per heavy atom. The van der Waals surface area contributed by atoms with Gasteiger partial charge in [0.2, 0.25) is 0 Å². The van der Waals surface area contributed by atoms with E-state index < -0.39 is 36.1 Å². The zero-order chi connectivity index (χ0) is 29.9. The van der Waals surface area contributed by atoms with Crippen molar-refractivity contribution in [3.8, 4) is 38.9 Å². The van der Waals surface area contributed by atoms with Gasteiger partial charge in [-0.25, -0.2) is 9.78 Å². The van der Waals surface area contributed by atoms with E-state index in [1.807, 2.05) is 0 Å². The zero-order valence-electron chi connectivity index (χ0n) is 21.4. The number of aliphatic carboxylic acids is 1. The van der Waals surface area contributed by atoms with Crippen LogP contribution >= 0.6 is 11.3 Å². The summed E-state index contributed by atoms with van der Waals surface area (Å²) in [5.74, 6) is 0.0631. The summed E-state index contributed by atoms with van der Waals surface area (Å²) in [6.07, 6.45) is -10.0. The number of alkyl halides is 6. The fourth-order valence-corrected chi connectivity index (χ4v) is 4.80. The van der Waals surface area contributed by atoms with Crippen molar-refractivity contribution in [2.24, 2.45) is 0 Å². The third-order valence-corrected chi connectivity index (χ3v) is 6.82. The van der Waals surface area contributed by atoms with Gasteiger partial charge in [0.15, 0.2) is 6.61 Å². The number of carboxylic acid groups (broad SMARTS) is 1. The fraction of sp³-hybridized carbons (Fsp3) is 0.214. The number of benzene rings is 3. The minimum absolute atomic E-state index is 0.0772. The number of rotatable bonds is 9. The van der Waals surface area contributed by atoms with E-state index in [2.05, 4.69) is 4.98 Å². The van der Waals surface area contributed by atoms with E-state index in [9.17, 15) is 31.1 Å². The van der Waals surface area contributed by atoms with Gasteiger partial charge in [0, 0.05) is 5.56 Å². The Kier molecular flexibility index (Phi) is 8.47. The van der Waals surface area contributed by atoms with Gasteiger partial charge in [-0.2, -0.15) is 26.3 Å². The van der Waals surface area contributed by atoms with Crippen LogP contribution in [0.2, 0.25) is 0 Å². The Morgan fingerprint density at radius 1 is 0.854 bits per heavy atom. The van der Waals surface area contributed by atoms with Gasteiger partial charge in [-0.3, -0.25) is 0 Å². The van der Waals surface area contributed by atoms with E-state index in [0.29, 0.717) is 45.5 Å². The predicted molar refractivity (Wildman–Crippen MR) is 138 cm³/mol. The second-order valence-corrected chi connectivity index (χ2v) is 9.79. The fourth-order valence-electron chi connectivity index (χ4n) is 3.81. The molecule has 0 aliphatic carbocycles. The van der Waals surface area contributed by atoms with E-state index in [-0.39, 0.29) is 28.8 Å². The molecule has 0 saturated carbocycles. The molecule has 3 aromatic carbocycles. The third kappa shape index (κ3) is 7.28. The largest absolute Gasteiger partial charge is 0.497 e. The van der Waals surface area contributed by atoms with Crippen LogP contribution in [0.4, 0.5) is 26.3 Å². The van der Waals surface area contributed by atoms with Crippen LogP contribution in [0.3, 0.4) is 0 Å². The van der Waals surface area contributed by atoms with Crippen LogP contribution in [0.5, 0.6) is 17.2 Å². The molecule has 0 spiro atoms. The molecule has 216 valence electrons. The number of methoxy groups -OCH3 is 1. The molecule has 0 aliphatic heterocycles. The normalized spacial score (nSPS) is 11.8. The van der Waals surface area contributed by atoms with Crippen LogP contribution in [0.1, 0.15) is 21.7 Å². The quantitative estimate of drug-likeness (QED) is 0.198. The second-order valence-electron chi connectivity index (χ2n) is 8.71. The van der Waals surface area contributed by atoms with E-state index in [4.69, 9.17) is 19.3 Å². The number of halogens is 6. The monoisotopic (exact) mass is 597 g/mol. The first kappa shape index (κ1) is 29.7. The number of carbonyl (C=O) groups is 1. The molecule has 4 aromatic rings. The lowest BCUT2D eigenvalue weighted by atomic mass is 10.0. The topological polar surface area (TPSA) is 77.9 Å². The molecule has 0 aliphatic rings. The first-order valence-corrected chi connectivity index (χ1v) is 12.6. The highest BCUT2D eigenvalue weighted by Gasteiger charge is 2.37. The van der Waals surface area contributed by atoms with Crippen LogP contribution in [0, 0.1) is 6.92 Å². The average molecular weight is 598 g/mol. The van der Waals surface area contributed by atoms with Gasteiger partial charge in [-0.05, 0) is 78.7 Å². The van der Waals surface area contributed by atoms with Gasteiger partial charge in [0.1, 0.15) is 28.9 Å². The number of hydrogen-bond donors (Lipinski definition) is 1. The zero-order valence-corrected chi connectivity index (χ0v) is 22.2. The lowest BCUT2D eigenvalue weighted by Crippen LogP contribution is -2.11. The van der Waals surface area contributed by atoms with Crippen LogP contribution in [-0.4, -0.2) is 29.8 Å². The minimum atomic E-state index is -5.01. The summed E-state index contributed by atoms with van der Waals surface area (Å²) in [7, 11) is 1.45. The van der Waals surface area contributed by atoms with Crippen molar-refractivity contribution < 1.29 is 50.5 Å². The molecular formula is C28H21F6NO5S. The van der Waals surface area contributed by atoms with Crippen LogP contribution in [0.25, 0.3) is 21.7 Å². The summed E-state index contributed by atoms with van der Waals surface area (Å²) < 4.78 is 97.5. The van der Waals surface area contributed by atoms with Gasteiger partial charge < -0.3 is 19.3 Å². The molecule has 1 N–H and O–H groups in total. The molecule has 41 heavy (non-hydrogen) atoms. The lowest BCUT2D eigenvalue weighted by molar-refractivity contribution is -0.143. The Hall–Kier alpha value is -4.26. The lowest BCUT2D eigenvalue weighted by Gasteiger charge is -2.14. The van der Waals surface area contributed by atoms with Gasteiger partial charge >= 0.3 is 18.3 Å². The first-order valence-electron chi connectivity index (χ1n) is 11.8. The number of nitrogens with zero attached hydrogens (tertiary/aromatic N) is 1. The third-order valence-electron chi connectivity index (χ3n) is 5.74. The van der Waals surface area contributed by atoms with Crippen molar-refractivity contribution in [3.05, 3.63) is 82.4 Å². The highest BCUT2D eigenvalue weighted by atomic mass is 32.1. The number of ether oxygens (including phenoxy) is 3. The molecule has 0 bridgehead atoms. The number of hydrogen-bond acceptors (Lipinski definition) is 6. The number of aryl methyl sites for hydroxylation is 1. The molecule has 0 radical (unpaired) electrons. The Bertz CT molecular complexity index is 1520. The van der Waals surface area contributed by atoms with Crippen molar-refractivity contribution >= 4 is 17.3 Å². The van der Waals surface area contributed by atoms with Gasteiger partial charge in [-0.15, -0.1) is 11.3 Å². The van der Waals surface area contributed by atoms with Crippen molar-refractivity contribution in [1.29, 1.82) is 0 Å². The molecule has 13 heteroatoms. The SMILES string of the molecule is COc1ccc(-c2nc(COc3ccc(OCC(=O)O)c(C)c3)sc2-c2cc(C(F)(F)F)cc(C(F)(F)F)c2)cc1. The first-order chi connectivity index (χ1) is 19.2. The Balaban J connectivity index is 1.73. The average Bonchev–Trinajstić information content (AvgIpc) is 3.34. The van der Waals surface area contributed by atoms with Crippen molar-refractivity contribution in [2.45, 2.75) is 25.9 Å². The molecule has 0 fully saturated rings. The van der Waals surface area contributed by atoms with Gasteiger partial charge in [0.25, 0.3) is 0 Å². The summed E-state index contributed by atoms with van der Waals surface area (Å²) in [6, 6.07) is 12.4. The Labute approximate surface area is 233 Å². The van der Waals surface area contributed by atoms with E-state index >= 15 is 0 Å². The summed E-state index contributed by atoms with van der Waals surface area (Å²) in [6.45, 7) is 1.01. The van der Waals surface area contributed by atoms with Crippen LogP contribution < -0.4 is 14.2 Å². The molecule has 0 atom stereocenters. The second kappa shape index (κ2) is 11.7. The summed E-state index contributed by atoms with van der Waals surface area (Å²) in [5.41, 5.74) is -1.95. The molecule has 4 rings (SSSR count). The molecule has 1 aromatic heterocycles. The maximum atomic E-state index is 13.6. The number of carboxylic acids is 1. The number of aromatic nitrogens is 1. The highest BCUT2D eigenvalue weighted by Crippen LogP contribution is 2.43. The van der Waals surface area contributed by atoms with Gasteiger partial charge in [-0.1, -0.05) is 0 Å². The summed E-state index contributed by atoms with van der Waals surface area (Å²) in [4.78, 5) is 15.3. The standard InChI is InChI=1S/C28H21F6NO5S/c1-15-9-21(7-8-22(15)40-14-24(36)37)39-13-23-35-25(16-3-5-20(38-2)6-4-16)26(41-23)17-10-18(27(29,30)31)12-19(11-17)28(32,33)34/h3-12H,13-14H2,1-2H3,(H,36,37). The molecule has 0 amide bonds. The Morgan fingerprint density at radius 2 is 1.46 bits per heavy atom. The smallest absolute Gasteiger partial charge is 0.416 e. The molecular weight excluding hydrogens is 576 g/mol. The molecule has 0 saturated heterocycles. The summed E-state index contributed by atoms with van der Waals surface area (Å²) in [5, 5.41) is 9.07. The maximum Gasteiger partial charge on any atom is 0.416 e. The van der Waals surface area contributed by atoms with E-state index in [1.54, 1.807) is 37.3 Å². The van der Waals surface area contributed by atoms with E-state index in [0.717, 1.165) is 11.3 Å².